The standard InChI is InChI=1S/C10H26N5P/c1-12(2)16(13(3)4,14(5)6)11-15-9-7-8-10-15/h7-10H2,1-6H3. The topological polar surface area (TPSA) is 25.3 Å². The molecule has 0 aromatic rings. The third-order valence-electron chi connectivity index (χ3n) is 2.94. The van der Waals surface area contributed by atoms with Gasteiger partial charge < -0.3 is 0 Å². The SMILES string of the molecule is CN(C)P(=NN1CCCC1)(N(C)C)N(C)C. The number of rotatable bonds is 4. The van der Waals surface area contributed by atoms with Crippen molar-refractivity contribution in [3.05, 3.63) is 0 Å². The van der Waals surface area contributed by atoms with Gasteiger partial charge in [0.1, 0.15) is 0 Å². The summed E-state index contributed by atoms with van der Waals surface area (Å²) in [5.41, 5.74) is 0. The van der Waals surface area contributed by atoms with Crippen molar-refractivity contribution in [2.75, 3.05) is 55.4 Å². The molecule has 1 aliphatic rings. The van der Waals surface area contributed by atoms with Crippen LogP contribution in [0.15, 0.2) is 4.85 Å². The Kier molecular flexibility index (Phi) is 4.95. The predicted molar refractivity (Wildman–Crippen MR) is 71.2 cm³/mol. The van der Waals surface area contributed by atoms with E-state index in [1.165, 1.54) is 12.8 Å². The van der Waals surface area contributed by atoms with Crippen molar-refractivity contribution >= 4 is 7.51 Å². The van der Waals surface area contributed by atoms with Crippen LogP contribution < -0.4 is 0 Å². The Bertz CT molecular complexity index is 240. The van der Waals surface area contributed by atoms with Crippen molar-refractivity contribution < 1.29 is 0 Å². The lowest BCUT2D eigenvalue weighted by Gasteiger charge is -2.41. The highest BCUT2D eigenvalue weighted by Gasteiger charge is 2.30. The monoisotopic (exact) mass is 247 g/mol. The Hall–Kier alpha value is 0.0700. The average molecular weight is 247 g/mol. The van der Waals surface area contributed by atoms with Crippen LogP contribution in [0.25, 0.3) is 0 Å². The molecule has 0 amide bonds. The molecule has 6 heteroatoms. The summed E-state index contributed by atoms with van der Waals surface area (Å²) in [4.78, 5) is 5.03. The van der Waals surface area contributed by atoms with E-state index in [-0.39, 0.29) is 0 Å². The molecule has 1 rings (SSSR count). The van der Waals surface area contributed by atoms with Crippen LogP contribution in [0.5, 0.6) is 0 Å². The molecule has 96 valence electrons. The third-order valence-corrected chi connectivity index (χ3v) is 6.65. The predicted octanol–water partition coefficient (Wildman–Crippen LogP) is 1.63. The van der Waals surface area contributed by atoms with E-state index in [0.717, 1.165) is 13.1 Å². The Balaban J connectivity index is 3.09. The lowest BCUT2D eigenvalue weighted by atomic mass is 10.4. The normalized spacial score (nSPS) is 19.1. The van der Waals surface area contributed by atoms with Gasteiger partial charge in [0.2, 0.25) is 0 Å². The fourth-order valence-electron chi connectivity index (χ4n) is 2.27. The van der Waals surface area contributed by atoms with Gasteiger partial charge in [0.15, 0.2) is 7.51 Å². The number of nitrogens with zero attached hydrogens (tertiary/aromatic N) is 5. The second-order valence-corrected chi connectivity index (χ2v) is 8.48. The van der Waals surface area contributed by atoms with Gasteiger partial charge in [-0.25, -0.2) is 0 Å². The molecule has 0 radical (unpaired) electrons. The zero-order chi connectivity index (χ0) is 12.3. The molecular weight excluding hydrogens is 221 g/mol. The lowest BCUT2D eigenvalue weighted by molar-refractivity contribution is 0.343. The van der Waals surface area contributed by atoms with Crippen molar-refractivity contribution in [1.29, 1.82) is 0 Å². The smallest absolute Gasteiger partial charge is 0.184 e. The summed E-state index contributed by atoms with van der Waals surface area (Å²) in [6.45, 7) is 2.22. The average Bonchev–Trinajstić information content (AvgIpc) is 2.64. The first-order valence-electron chi connectivity index (χ1n) is 5.82. The fourth-order valence-corrected chi connectivity index (χ4v) is 5.42. The Labute approximate surface area is 100 Å². The van der Waals surface area contributed by atoms with Crippen LogP contribution in [-0.2, 0) is 0 Å². The van der Waals surface area contributed by atoms with Gasteiger partial charge in [0.25, 0.3) is 0 Å². The van der Waals surface area contributed by atoms with E-state index in [4.69, 9.17) is 4.85 Å². The highest BCUT2D eigenvalue weighted by atomic mass is 31.2. The maximum Gasteiger partial charge on any atom is 0.184 e. The zero-order valence-corrected chi connectivity index (χ0v) is 12.4. The van der Waals surface area contributed by atoms with E-state index in [2.05, 4.69) is 61.3 Å². The molecule has 0 unspecified atom stereocenters. The van der Waals surface area contributed by atoms with E-state index in [1.807, 2.05) is 0 Å². The van der Waals surface area contributed by atoms with Gasteiger partial charge in [-0.1, -0.05) is 0 Å². The van der Waals surface area contributed by atoms with Crippen LogP contribution in [0, 0.1) is 0 Å². The number of hydrogen-bond donors (Lipinski definition) is 0. The Morgan fingerprint density at radius 2 is 1.19 bits per heavy atom. The molecule has 0 N–H and O–H groups in total. The molecule has 0 aromatic heterocycles. The van der Waals surface area contributed by atoms with Gasteiger partial charge in [0.05, 0.1) is 0 Å². The van der Waals surface area contributed by atoms with E-state index >= 15 is 0 Å². The van der Waals surface area contributed by atoms with E-state index < -0.39 is 7.51 Å². The molecular formula is C10H26N5P. The molecule has 0 saturated carbocycles. The van der Waals surface area contributed by atoms with E-state index in [9.17, 15) is 0 Å². The molecule has 5 nitrogen and oxygen atoms in total. The number of hydrogen-bond acceptors (Lipinski definition) is 1. The molecule has 0 bridgehead atoms. The van der Waals surface area contributed by atoms with Gasteiger partial charge in [-0.3, -0.25) is 14.0 Å². The Morgan fingerprint density at radius 3 is 1.50 bits per heavy atom. The molecule has 0 aliphatic carbocycles. The summed E-state index contributed by atoms with van der Waals surface area (Å²) in [5, 5.41) is 2.24. The molecule has 0 spiro atoms. The van der Waals surface area contributed by atoms with Crippen LogP contribution in [0.3, 0.4) is 0 Å². The van der Waals surface area contributed by atoms with Crippen LogP contribution in [-0.4, -0.2) is 74.4 Å². The summed E-state index contributed by atoms with van der Waals surface area (Å²) < 4.78 is 6.77. The van der Waals surface area contributed by atoms with E-state index in [0.29, 0.717) is 0 Å². The minimum atomic E-state index is -1.71. The quantitative estimate of drug-likeness (QED) is 0.705. The highest BCUT2D eigenvalue weighted by Crippen LogP contribution is 2.55. The molecule has 1 fully saturated rings. The maximum absolute atomic E-state index is 5.03. The van der Waals surface area contributed by atoms with Crippen molar-refractivity contribution in [1.82, 2.24) is 19.0 Å². The van der Waals surface area contributed by atoms with Crippen LogP contribution in [0.4, 0.5) is 0 Å². The van der Waals surface area contributed by atoms with Gasteiger partial charge in [-0.2, -0.15) is 9.86 Å². The van der Waals surface area contributed by atoms with E-state index in [1.54, 1.807) is 0 Å². The highest BCUT2D eigenvalue weighted by molar-refractivity contribution is 7.58. The van der Waals surface area contributed by atoms with Gasteiger partial charge in [-0.15, -0.1) is 0 Å². The fraction of sp³-hybridized carbons (Fsp3) is 1.00. The van der Waals surface area contributed by atoms with Crippen molar-refractivity contribution in [3.63, 3.8) is 0 Å². The summed E-state index contributed by atoms with van der Waals surface area (Å²) in [6.07, 6.45) is 2.55. The second-order valence-electron chi connectivity index (χ2n) is 4.83. The van der Waals surface area contributed by atoms with Crippen LogP contribution in [0.1, 0.15) is 12.8 Å². The maximum atomic E-state index is 5.03. The molecule has 16 heavy (non-hydrogen) atoms. The van der Waals surface area contributed by atoms with Crippen LogP contribution in [0.2, 0.25) is 0 Å². The van der Waals surface area contributed by atoms with Crippen molar-refractivity contribution in [2.24, 2.45) is 4.85 Å². The summed E-state index contributed by atoms with van der Waals surface area (Å²) >= 11 is 0. The first-order valence-corrected chi connectivity index (χ1v) is 7.42. The van der Waals surface area contributed by atoms with Gasteiger partial charge in [0, 0.05) is 13.1 Å². The van der Waals surface area contributed by atoms with Crippen LogP contribution >= 0.6 is 7.51 Å². The second kappa shape index (κ2) is 5.61. The summed E-state index contributed by atoms with van der Waals surface area (Å²) in [7, 11) is 11.0. The van der Waals surface area contributed by atoms with Gasteiger partial charge >= 0.3 is 0 Å². The first kappa shape index (κ1) is 14.1. The molecule has 1 saturated heterocycles. The zero-order valence-electron chi connectivity index (χ0n) is 11.5. The van der Waals surface area contributed by atoms with Crippen molar-refractivity contribution in [3.8, 4) is 0 Å². The minimum Gasteiger partial charge on any atom is -0.251 e. The summed E-state index contributed by atoms with van der Waals surface area (Å²) in [5.74, 6) is 0. The third kappa shape index (κ3) is 2.66. The Morgan fingerprint density at radius 1 is 0.812 bits per heavy atom. The first-order chi connectivity index (χ1) is 7.41. The lowest BCUT2D eigenvalue weighted by Crippen LogP contribution is -2.32. The molecule has 0 aromatic carbocycles. The molecule has 0 atom stereocenters. The largest absolute Gasteiger partial charge is 0.251 e. The molecule has 1 heterocycles. The molecule has 1 aliphatic heterocycles. The minimum absolute atomic E-state index is 1.11. The van der Waals surface area contributed by atoms with Gasteiger partial charge in [-0.05, 0) is 55.1 Å². The van der Waals surface area contributed by atoms with Crippen molar-refractivity contribution in [2.45, 2.75) is 12.8 Å². The summed E-state index contributed by atoms with van der Waals surface area (Å²) in [6, 6.07) is 0.